The third-order valence-electron chi connectivity index (χ3n) is 2.60. The van der Waals surface area contributed by atoms with Crippen LogP contribution in [0.5, 0.6) is 5.75 Å². The molecule has 0 spiro atoms. The number of nitrogens with zero attached hydrogens (tertiary/aromatic N) is 1. The lowest BCUT2D eigenvalue weighted by Crippen LogP contribution is -2.19. The minimum atomic E-state index is -0.518. The molecule has 1 amide bonds. The van der Waals surface area contributed by atoms with Crippen LogP contribution in [0.25, 0.3) is 10.6 Å². The van der Waals surface area contributed by atoms with Gasteiger partial charge in [0.1, 0.15) is 10.8 Å². The lowest BCUT2D eigenvalue weighted by molar-refractivity contribution is -0.119. The second-order valence-corrected chi connectivity index (χ2v) is 5.27. The van der Waals surface area contributed by atoms with Gasteiger partial charge in [0, 0.05) is 12.5 Å². The fraction of sp³-hybridized carbons (Fsp3) is 0.214. The maximum atomic E-state index is 11.4. The van der Waals surface area contributed by atoms with E-state index in [4.69, 9.17) is 10.5 Å². The number of ether oxygens (including phenoxy) is 1. The van der Waals surface area contributed by atoms with E-state index in [1.807, 2.05) is 19.1 Å². The molecule has 1 aromatic heterocycles. The lowest BCUT2D eigenvalue weighted by atomic mass is 10.2. The van der Waals surface area contributed by atoms with Crippen LogP contribution in [0.4, 0.5) is 0 Å². The van der Waals surface area contributed by atoms with Gasteiger partial charge in [0.2, 0.25) is 0 Å². The number of rotatable bonds is 5. The molecule has 0 aliphatic carbocycles. The number of ketones is 1. The van der Waals surface area contributed by atoms with Gasteiger partial charge >= 0.3 is 0 Å². The Labute approximate surface area is 120 Å². The second-order valence-electron chi connectivity index (χ2n) is 4.27. The van der Waals surface area contributed by atoms with Crippen LogP contribution in [-0.2, 0) is 4.79 Å². The van der Waals surface area contributed by atoms with E-state index in [0.29, 0.717) is 10.6 Å². The summed E-state index contributed by atoms with van der Waals surface area (Å²) in [5.41, 5.74) is 6.65. The molecule has 0 aliphatic heterocycles. The maximum absolute atomic E-state index is 11.4. The lowest BCUT2D eigenvalue weighted by Gasteiger charge is -2.03. The van der Waals surface area contributed by atoms with E-state index in [2.05, 4.69) is 4.98 Å². The first-order valence-electron chi connectivity index (χ1n) is 5.97. The first kappa shape index (κ1) is 14.2. The highest BCUT2D eigenvalue weighted by Crippen LogP contribution is 2.29. The van der Waals surface area contributed by atoms with E-state index in [1.165, 1.54) is 18.3 Å². The van der Waals surface area contributed by atoms with Gasteiger partial charge in [-0.25, -0.2) is 4.98 Å². The van der Waals surface area contributed by atoms with E-state index in [1.54, 1.807) is 12.1 Å². The molecule has 0 fully saturated rings. The van der Waals surface area contributed by atoms with E-state index in [-0.39, 0.29) is 12.4 Å². The zero-order valence-corrected chi connectivity index (χ0v) is 12.0. The number of carbonyl (C=O) groups excluding carboxylic acids is 2. The summed E-state index contributed by atoms with van der Waals surface area (Å²) in [5.74, 6) is 0.0657. The first-order valence-corrected chi connectivity index (χ1v) is 6.79. The summed E-state index contributed by atoms with van der Waals surface area (Å²) in [6.07, 6.45) is 0. The van der Waals surface area contributed by atoms with Crippen molar-refractivity contribution in [1.29, 1.82) is 0 Å². The van der Waals surface area contributed by atoms with Crippen LogP contribution in [-0.4, -0.2) is 23.3 Å². The Balaban J connectivity index is 2.19. The molecule has 20 heavy (non-hydrogen) atoms. The van der Waals surface area contributed by atoms with Gasteiger partial charge in [-0.1, -0.05) is 0 Å². The molecule has 1 heterocycles. The topological polar surface area (TPSA) is 82.3 Å². The average Bonchev–Trinajstić information content (AvgIpc) is 2.79. The largest absolute Gasteiger partial charge is 0.484 e. The van der Waals surface area contributed by atoms with Crippen molar-refractivity contribution < 1.29 is 14.3 Å². The molecule has 104 valence electrons. The summed E-state index contributed by atoms with van der Waals surface area (Å²) in [6, 6.07) is 7.14. The van der Waals surface area contributed by atoms with Crippen molar-refractivity contribution in [3.05, 3.63) is 34.8 Å². The molecule has 0 saturated heterocycles. The third-order valence-corrected chi connectivity index (χ3v) is 3.91. The number of hydrogen-bond acceptors (Lipinski definition) is 5. The number of Topliss-reactive ketones (excluding diaryl/α,β-unsaturated/α-hetero) is 1. The second kappa shape index (κ2) is 5.83. The molecular weight excluding hydrogens is 276 g/mol. The molecule has 0 bridgehead atoms. The van der Waals surface area contributed by atoms with Crippen molar-refractivity contribution in [2.75, 3.05) is 6.61 Å². The highest BCUT2D eigenvalue weighted by Gasteiger charge is 2.12. The number of nitrogens with two attached hydrogens (primary N) is 1. The van der Waals surface area contributed by atoms with E-state index < -0.39 is 5.91 Å². The Morgan fingerprint density at radius 3 is 2.45 bits per heavy atom. The highest BCUT2D eigenvalue weighted by atomic mass is 32.1. The van der Waals surface area contributed by atoms with Gasteiger partial charge in [-0.3, -0.25) is 9.59 Å². The fourth-order valence-corrected chi connectivity index (χ4v) is 2.66. The van der Waals surface area contributed by atoms with E-state index >= 15 is 0 Å². The van der Waals surface area contributed by atoms with Crippen molar-refractivity contribution in [1.82, 2.24) is 4.98 Å². The highest BCUT2D eigenvalue weighted by molar-refractivity contribution is 7.17. The first-order chi connectivity index (χ1) is 9.47. The molecule has 0 radical (unpaired) electrons. The summed E-state index contributed by atoms with van der Waals surface area (Å²) in [7, 11) is 0. The summed E-state index contributed by atoms with van der Waals surface area (Å²) in [5, 5.41) is 0.786. The van der Waals surface area contributed by atoms with E-state index in [9.17, 15) is 9.59 Å². The van der Waals surface area contributed by atoms with Gasteiger partial charge in [0.05, 0.1) is 10.6 Å². The maximum Gasteiger partial charge on any atom is 0.255 e. The quantitative estimate of drug-likeness (QED) is 0.856. The molecule has 2 N–H and O–H groups in total. The molecule has 2 aromatic rings. The summed E-state index contributed by atoms with van der Waals surface area (Å²) in [6.45, 7) is 3.20. The number of amides is 1. The number of primary amides is 1. The molecule has 0 saturated carbocycles. The summed E-state index contributed by atoms with van der Waals surface area (Å²) in [4.78, 5) is 27.1. The normalized spacial score (nSPS) is 10.3. The van der Waals surface area contributed by atoms with Crippen LogP contribution in [0.2, 0.25) is 0 Å². The van der Waals surface area contributed by atoms with Gasteiger partial charge in [-0.05, 0) is 31.2 Å². The van der Waals surface area contributed by atoms with Crippen LogP contribution >= 0.6 is 11.3 Å². The predicted molar refractivity (Wildman–Crippen MR) is 77.0 cm³/mol. The van der Waals surface area contributed by atoms with Gasteiger partial charge < -0.3 is 10.5 Å². The predicted octanol–water partition coefficient (Wildman–Crippen LogP) is 2.19. The summed E-state index contributed by atoms with van der Waals surface area (Å²) < 4.78 is 5.18. The van der Waals surface area contributed by atoms with Crippen LogP contribution in [0.3, 0.4) is 0 Å². The molecular formula is C14H14N2O3S. The Hall–Kier alpha value is -2.21. The third kappa shape index (κ3) is 3.21. The Kier molecular flexibility index (Phi) is 4.14. The van der Waals surface area contributed by atoms with Crippen LogP contribution < -0.4 is 10.5 Å². The minimum Gasteiger partial charge on any atom is -0.484 e. The van der Waals surface area contributed by atoms with Crippen molar-refractivity contribution in [2.45, 2.75) is 13.8 Å². The Morgan fingerprint density at radius 2 is 1.95 bits per heavy atom. The molecule has 0 unspecified atom stereocenters. The molecule has 1 aromatic carbocycles. The van der Waals surface area contributed by atoms with Crippen molar-refractivity contribution in [2.24, 2.45) is 5.73 Å². The molecule has 6 heteroatoms. The van der Waals surface area contributed by atoms with E-state index in [0.717, 1.165) is 16.3 Å². The number of carbonyl (C=O) groups is 2. The van der Waals surface area contributed by atoms with Crippen LogP contribution in [0.1, 0.15) is 22.3 Å². The standard InChI is InChI=1S/C14H14N2O3S/c1-8-13(9(2)17)20-14(16-8)10-3-5-11(6-4-10)19-7-12(15)18/h3-6H,7H2,1-2H3,(H2,15,18). The van der Waals surface area contributed by atoms with Gasteiger partial charge in [0.25, 0.3) is 5.91 Å². The minimum absolute atomic E-state index is 0.0210. The van der Waals surface area contributed by atoms with Crippen LogP contribution in [0.15, 0.2) is 24.3 Å². The molecule has 0 atom stereocenters. The number of hydrogen-bond donors (Lipinski definition) is 1. The molecule has 5 nitrogen and oxygen atoms in total. The van der Waals surface area contributed by atoms with Crippen molar-refractivity contribution in [3.8, 4) is 16.3 Å². The summed E-state index contributed by atoms with van der Waals surface area (Å²) >= 11 is 1.37. The van der Waals surface area contributed by atoms with Gasteiger partial charge in [0.15, 0.2) is 12.4 Å². The fourth-order valence-electron chi connectivity index (χ4n) is 1.69. The smallest absolute Gasteiger partial charge is 0.255 e. The van der Waals surface area contributed by atoms with Crippen molar-refractivity contribution in [3.63, 3.8) is 0 Å². The SMILES string of the molecule is CC(=O)c1sc(-c2ccc(OCC(N)=O)cc2)nc1C. The zero-order chi connectivity index (χ0) is 14.7. The number of thiazole rings is 1. The number of aromatic nitrogens is 1. The number of benzene rings is 1. The zero-order valence-electron chi connectivity index (χ0n) is 11.2. The molecule has 2 rings (SSSR count). The van der Waals surface area contributed by atoms with Gasteiger partial charge in [-0.15, -0.1) is 11.3 Å². The Bertz CT molecular complexity index is 647. The Morgan fingerprint density at radius 1 is 1.30 bits per heavy atom. The van der Waals surface area contributed by atoms with Crippen LogP contribution in [0, 0.1) is 6.92 Å². The average molecular weight is 290 g/mol. The van der Waals surface area contributed by atoms with Gasteiger partial charge in [-0.2, -0.15) is 0 Å². The number of aryl methyl sites for hydroxylation is 1. The van der Waals surface area contributed by atoms with Crippen molar-refractivity contribution >= 4 is 23.0 Å². The molecule has 0 aliphatic rings. The monoisotopic (exact) mass is 290 g/mol.